The Kier molecular flexibility index (Phi) is 15.1. The van der Waals surface area contributed by atoms with Crippen LogP contribution in [-0.4, -0.2) is 66.5 Å². The minimum Gasteiger partial charge on any atom is -0.475 e. The third-order valence-corrected chi connectivity index (χ3v) is 9.77. The number of amides is 2. The van der Waals surface area contributed by atoms with Crippen molar-refractivity contribution >= 4 is 40.9 Å². The molecule has 1 saturated heterocycles. The zero-order valence-electron chi connectivity index (χ0n) is 31.3. The van der Waals surface area contributed by atoms with Gasteiger partial charge in [-0.3, -0.25) is 15.0 Å². The smallest absolute Gasteiger partial charge is 0.475 e. The number of rotatable bonds is 13. The molecule has 57 heavy (non-hydrogen) atoms. The van der Waals surface area contributed by atoms with E-state index in [4.69, 9.17) is 20.4 Å². The third kappa shape index (κ3) is 12.6. The SMILES string of the molecule is CSc1ccc(-c2ccc(CN(C(=O)CCC(=O)NN3CCN(c4ccccc4)CC3)c3ccccc3Oc3cccc(CN)c3)cc2)cc1.O=C(O)C(F)(F)F. The number of nitrogens with two attached hydrogens (primary N) is 1. The van der Waals surface area contributed by atoms with E-state index in [-0.39, 0.29) is 24.7 Å². The number of benzene rings is 5. The lowest BCUT2D eigenvalue weighted by molar-refractivity contribution is -0.192. The number of carbonyl (C=O) groups is 3. The van der Waals surface area contributed by atoms with Gasteiger partial charge in [0.05, 0.1) is 12.2 Å². The van der Waals surface area contributed by atoms with Crippen LogP contribution in [0.1, 0.15) is 24.0 Å². The molecule has 1 aliphatic rings. The molecule has 2 amide bonds. The van der Waals surface area contributed by atoms with Crippen LogP contribution in [0.15, 0.2) is 132 Å². The summed E-state index contributed by atoms with van der Waals surface area (Å²) in [5.41, 5.74) is 14.8. The Morgan fingerprint density at radius 1 is 0.789 bits per heavy atom. The first-order valence-electron chi connectivity index (χ1n) is 18.2. The monoisotopic (exact) mass is 799 g/mol. The Morgan fingerprint density at radius 2 is 1.40 bits per heavy atom. The van der Waals surface area contributed by atoms with Crippen LogP contribution in [-0.2, 0) is 27.5 Å². The van der Waals surface area contributed by atoms with Gasteiger partial charge in [-0.25, -0.2) is 9.80 Å². The number of aliphatic carboxylic acids is 1. The minimum atomic E-state index is -5.08. The van der Waals surface area contributed by atoms with Gasteiger partial charge in [0.25, 0.3) is 0 Å². The second-order valence-electron chi connectivity index (χ2n) is 13.0. The molecule has 0 saturated carbocycles. The fraction of sp³-hybridized carbons (Fsp3) is 0.233. The molecule has 0 bridgehead atoms. The quantitative estimate of drug-likeness (QED) is 0.101. The summed E-state index contributed by atoms with van der Waals surface area (Å²) >= 11 is 1.72. The first-order chi connectivity index (χ1) is 27.4. The van der Waals surface area contributed by atoms with E-state index in [0.29, 0.717) is 43.4 Å². The van der Waals surface area contributed by atoms with Crippen molar-refractivity contribution in [2.75, 3.05) is 42.2 Å². The Morgan fingerprint density at radius 3 is 2.02 bits per heavy atom. The summed E-state index contributed by atoms with van der Waals surface area (Å²) in [6, 6.07) is 42.2. The summed E-state index contributed by atoms with van der Waals surface area (Å²) in [4.78, 5) is 41.3. The second kappa shape index (κ2) is 20.4. The fourth-order valence-corrected chi connectivity index (χ4v) is 6.42. The molecular weight excluding hydrogens is 756 g/mol. The Hall–Kier alpha value is -5.83. The van der Waals surface area contributed by atoms with Crippen molar-refractivity contribution in [1.82, 2.24) is 10.4 Å². The number of piperazine rings is 1. The van der Waals surface area contributed by atoms with Gasteiger partial charge in [-0.15, -0.1) is 11.8 Å². The van der Waals surface area contributed by atoms with Gasteiger partial charge < -0.3 is 25.4 Å². The van der Waals surface area contributed by atoms with Crippen molar-refractivity contribution in [2.24, 2.45) is 5.73 Å². The number of alkyl halides is 3. The number of carboxylic acids is 1. The molecule has 4 N–H and O–H groups in total. The van der Waals surface area contributed by atoms with Gasteiger partial charge in [0.2, 0.25) is 11.8 Å². The highest BCUT2D eigenvalue weighted by Gasteiger charge is 2.38. The van der Waals surface area contributed by atoms with E-state index in [9.17, 15) is 22.8 Å². The van der Waals surface area contributed by atoms with E-state index in [2.05, 4.69) is 65.1 Å². The third-order valence-electron chi connectivity index (χ3n) is 9.03. The molecule has 1 aliphatic heterocycles. The Balaban J connectivity index is 0.000000811. The summed E-state index contributed by atoms with van der Waals surface area (Å²) in [5.74, 6) is -1.92. The van der Waals surface area contributed by atoms with Crippen LogP contribution in [0.2, 0.25) is 0 Å². The topological polar surface area (TPSA) is 128 Å². The van der Waals surface area contributed by atoms with Crippen molar-refractivity contribution in [3.05, 3.63) is 139 Å². The molecule has 0 unspecified atom stereocenters. The zero-order chi connectivity index (χ0) is 40.8. The van der Waals surface area contributed by atoms with Crippen LogP contribution in [0.5, 0.6) is 11.5 Å². The molecule has 5 aromatic carbocycles. The van der Waals surface area contributed by atoms with Crippen LogP contribution >= 0.6 is 11.8 Å². The average Bonchev–Trinajstić information content (AvgIpc) is 3.23. The number of halogens is 3. The van der Waals surface area contributed by atoms with Gasteiger partial charge in [0.1, 0.15) is 5.75 Å². The highest BCUT2D eigenvalue weighted by molar-refractivity contribution is 7.98. The summed E-state index contributed by atoms with van der Waals surface area (Å²) in [5, 5.41) is 9.07. The number of hydrazine groups is 1. The van der Waals surface area contributed by atoms with Crippen LogP contribution in [0.4, 0.5) is 24.5 Å². The Labute approximate surface area is 334 Å². The number of carbonyl (C=O) groups excluding carboxylic acids is 2. The van der Waals surface area contributed by atoms with Crippen LogP contribution in [0.3, 0.4) is 0 Å². The number of hydrogen-bond acceptors (Lipinski definition) is 8. The van der Waals surface area contributed by atoms with Crippen molar-refractivity contribution in [3.63, 3.8) is 0 Å². The number of nitrogens with one attached hydrogen (secondary N) is 1. The zero-order valence-corrected chi connectivity index (χ0v) is 32.1. The lowest BCUT2D eigenvalue weighted by Gasteiger charge is -2.36. The average molecular weight is 800 g/mol. The number of nitrogens with zero attached hydrogens (tertiary/aromatic N) is 3. The molecule has 298 valence electrons. The predicted octanol–water partition coefficient (Wildman–Crippen LogP) is 8.13. The summed E-state index contributed by atoms with van der Waals surface area (Å²) in [6.45, 7) is 3.74. The molecule has 0 spiro atoms. The largest absolute Gasteiger partial charge is 0.490 e. The molecule has 0 atom stereocenters. The lowest BCUT2D eigenvalue weighted by atomic mass is 10.0. The van der Waals surface area contributed by atoms with E-state index in [1.807, 2.05) is 83.9 Å². The van der Waals surface area contributed by atoms with Gasteiger partial charge in [-0.1, -0.05) is 78.9 Å². The van der Waals surface area contributed by atoms with Crippen molar-refractivity contribution < 1.29 is 37.4 Å². The number of anilines is 2. The van der Waals surface area contributed by atoms with Gasteiger partial charge in [0, 0.05) is 56.1 Å². The normalized spacial score (nSPS) is 12.9. The van der Waals surface area contributed by atoms with Crippen LogP contribution < -0.4 is 25.7 Å². The molecule has 1 fully saturated rings. The molecule has 14 heteroatoms. The van der Waals surface area contributed by atoms with Crippen molar-refractivity contribution in [1.29, 1.82) is 0 Å². The van der Waals surface area contributed by atoms with Gasteiger partial charge >= 0.3 is 12.1 Å². The summed E-state index contributed by atoms with van der Waals surface area (Å²) in [7, 11) is 0. The number of para-hydroxylation sites is 3. The lowest BCUT2D eigenvalue weighted by Crippen LogP contribution is -2.53. The fourth-order valence-electron chi connectivity index (χ4n) is 6.01. The van der Waals surface area contributed by atoms with E-state index < -0.39 is 12.1 Å². The van der Waals surface area contributed by atoms with E-state index in [1.54, 1.807) is 16.7 Å². The molecule has 0 aliphatic carbocycles. The molecule has 1 heterocycles. The molecule has 10 nitrogen and oxygen atoms in total. The van der Waals surface area contributed by atoms with E-state index in [0.717, 1.165) is 35.3 Å². The summed E-state index contributed by atoms with van der Waals surface area (Å²) < 4.78 is 38.1. The van der Waals surface area contributed by atoms with Crippen LogP contribution in [0.25, 0.3) is 11.1 Å². The van der Waals surface area contributed by atoms with E-state index in [1.165, 1.54) is 10.6 Å². The second-order valence-corrected chi connectivity index (χ2v) is 13.9. The Bertz CT molecular complexity index is 2080. The van der Waals surface area contributed by atoms with Crippen molar-refractivity contribution in [3.8, 4) is 22.6 Å². The van der Waals surface area contributed by atoms with Gasteiger partial charge in [-0.05, 0) is 77.0 Å². The van der Waals surface area contributed by atoms with E-state index >= 15 is 0 Å². The maximum Gasteiger partial charge on any atom is 0.490 e. The maximum absolute atomic E-state index is 14.1. The minimum absolute atomic E-state index is 0.0483. The highest BCUT2D eigenvalue weighted by Crippen LogP contribution is 2.34. The van der Waals surface area contributed by atoms with Gasteiger partial charge in [-0.2, -0.15) is 13.2 Å². The molecule has 6 rings (SSSR count). The number of carboxylic acid groups (broad SMARTS) is 1. The molecular formula is C43H44F3N5O5S. The van der Waals surface area contributed by atoms with Crippen molar-refractivity contribution in [2.45, 2.75) is 37.0 Å². The first kappa shape index (κ1) is 42.3. The molecule has 0 aromatic heterocycles. The summed E-state index contributed by atoms with van der Waals surface area (Å²) in [6.07, 6.45) is -2.90. The van der Waals surface area contributed by atoms with Gasteiger partial charge in [0.15, 0.2) is 5.75 Å². The predicted molar refractivity (Wildman–Crippen MR) is 217 cm³/mol. The first-order valence-corrected chi connectivity index (χ1v) is 19.4. The maximum atomic E-state index is 14.1. The number of hydrogen-bond donors (Lipinski definition) is 3. The standard InChI is InChI=1S/C41H43N5O3S.C2HF3O2/c1-50-37-20-18-34(19-21-37)33-16-14-31(15-17-33)30-46(38-12-5-6-13-39(38)49-36-11-7-8-32(28-36)29-42)41(48)23-22-40(47)43-45-26-24-44(25-27-45)35-9-3-2-4-10-35;3-2(4,5)1(6)7/h2-21,28H,22-27,29-30,42H2,1H3,(H,43,47);(H,6,7). The van der Waals surface area contributed by atoms with Crippen LogP contribution in [0, 0.1) is 0 Å². The number of ether oxygens (including phenoxy) is 1. The number of thioether (sulfide) groups is 1. The molecule has 5 aromatic rings. The highest BCUT2D eigenvalue weighted by atomic mass is 32.2. The molecule has 0 radical (unpaired) electrons.